The summed E-state index contributed by atoms with van der Waals surface area (Å²) in [6, 6.07) is 10.2. The van der Waals surface area contributed by atoms with Crippen LogP contribution in [0.25, 0.3) is 0 Å². The molecular weight excluding hydrogens is 200 g/mol. The fraction of sp³-hybridized carbons (Fsp3) is 0.167. The maximum Gasteiger partial charge on any atom is 0.138 e. The van der Waals surface area contributed by atoms with Crippen molar-refractivity contribution in [3.63, 3.8) is 0 Å². The molecule has 2 heterocycles. The fourth-order valence-electron chi connectivity index (χ4n) is 2.09. The Kier molecular flexibility index (Phi) is 1.99. The lowest BCUT2D eigenvalue weighted by Crippen LogP contribution is -2.15. The molecule has 0 aliphatic carbocycles. The first kappa shape index (κ1) is 9.15. The number of hydrogen-bond acceptors (Lipinski definition) is 4. The van der Waals surface area contributed by atoms with Crippen LogP contribution in [-0.2, 0) is 6.42 Å². The molecule has 1 aromatic carbocycles. The maximum atomic E-state index is 5.67. The third kappa shape index (κ3) is 1.39. The van der Waals surface area contributed by atoms with Crippen LogP contribution in [0.15, 0.2) is 36.7 Å². The van der Waals surface area contributed by atoms with Crippen LogP contribution in [0.1, 0.15) is 5.56 Å². The van der Waals surface area contributed by atoms with Gasteiger partial charge in [0.25, 0.3) is 0 Å². The van der Waals surface area contributed by atoms with Crippen LogP contribution in [0.2, 0.25) is 0 Å². The highest BCUT2D eigenvalue weighted by atomic mass is 15.2. The lowest BCUT2D eigenvalue weighted by atomic mass is 10.2. The molecule has 80 valence electrons. The van der Waals surface area contributed by atoms with Gasteiger partial charge in [-0.2, -0.15) is 0 Å². The van der Waals surface area contributed by atoms with Crippen molar-refractivity contribution in [2.24, 2.45) is 0 Å². The van der Waals surface area contributed by atoms with E-state index < -0.39 is 0 Å². The molecule has 1 aromatic heterocycles. The quantitative estimate of drug-likeness (QED) is 0.782. The van der Waals surface area contributed by atoms with E-state index in [1.807, 2.05) is 12.1 Å². The summed E-state index contributed by atoms with van der Waals surface area (Å²) in [4.78, 5) is 10.3. The molecule has 2 aromatic rings. The third-order valence-corrected chi connectivity index (χ3v) is 2.84. The van der Waals surface area contributed by atoms with Crippen molar-refractivity contribution in [3.05, 3.63) is 42.2 Å². The molecular formula is C12H12N4. The van der Waals surface area contributed by atoms with Crippen LogP contribution in [0.4, 0.5) is 17.3 Å². The lowest BCUT2D eigenvalue weighted by molar-refractivity contribution is 0.966. The van der Waals surface area contributed by atoms with Crippen LogP contribution in [0.3, 0.4) is 0 Å². The van der Waals surface area contributed by atoms with Gasteiger partial charge in [-0.25, -0.2) is 9.97 Å². The zero-order valence-electron chi connectivity index (χ0n) is 8.80. The molecule has 3 rings (SSSR count). The van der Waals surface area contributed by atoms with Crippen molar-refractivity contribution >= 4 is 17.3 Å². The Hall–Kier alpha value is -2.10. The van der Waals surface area contributed by atoms with E-state index in [1.54, 1.807) is 0 Å². The van der Waals surface area contributed by atoms with Crippen molar-refractivity contribution in [2.45, 2.75) is 6.42 Å². The van der Waals surface area contributed by atoms with Gasteiger partial charge in [-0.15, -0.1) is 0 Å². The monoisotopic (exact) mass is 212 g/mol. The number of nitrogens with zero attached hydrogens (tertiary/aromatic N) is 3. The van der Waals surface area contributed by atoms with Gasteiger partial charge in [-0.3, -0.25) is 0 Å². The number of benzene rings is 1. The largest absolute Gasteiger partial charge is 0.384 e. The second-order valence-electron chi connectivity index (χ2n) is 3.83. The highest BCUT2D eigenvalue weighted by Crippen LogP contribution is 2.33. The van der Waals surface area contributed by atoms with Crippen molar-refractivity contribution in [3.8, 4) is 0 Å². The minimum atomic E-state index is 0.509. The Bertz CT molecular complexity index is 524. The molecule has 1 aliphatic rings. The molecule has 0 saturated carbocycles. The molecule has 16 heavy (non-hydrogen) atoms. The van der Waals surface area contributed by atoms with Gasteiger partial charge in [-0.1, -0.05) is 18.2 Å². The standard InChI is InChI=1S/C12H12N4/c13-11-7-12(15-8-14-11)16-6-5-9-3-1-2-4-10(9)16/h1-4,7-8H,5-6H2,(H2,13,14,15). The van der Waals surface area contributed by atoms with Gasteiger partial charge in [0.05, 0.1) is 0 Å². The number of anilines is 3. The fourth-order valence-corrected chi connectivity index (χ4v) is 2.09. The molecule has 0 radical (unpaired) electrons. The zero-order chi connectivity index (χ0) is 11.0. The van der Waals surface area contributed by atoms with E-state index in [0.717, 1.165) is 18.8 Å². The van der Waals surface area contributed by atoms with Crippen LogP contribution in [-0.4, -0.2) is 16.5 Å². The van der Waals surface area contributed by atoms with E-state index in [0.29, 0.717) is 5.82 Å². The summed E-state index contributed by atoms with van der Waals surface area (Å²) in [5.74, 6) is 1.38. The van der Waals surface area contributed by atoms with Gasteiger partial charge in [-0.05, 0) is 18.1 Å². The number of para-hydroxylation sites is 1. The van der Waals surface area contributed by atoms with Crippen molar-refractivity contribution in [1.82, 2.24) is 9.97 Å². The SMILES string of the molecule is Nc1cc(N2CCc3ccccc32)ncn1. The number of aromatic nitrogens is 2. The first-order valence-electron chi connectivity index (χ1n) is 5.27. The van der Waals surface area contributed by atoms with Gasteiger partial charge >= 0.3 is 0 Å². The Labute approximate surface area is 93.8 Å². The average molecular weight is 212 g/mol. The Morgan fingerprint density at radius 2 is 2.06 bits per heavy atom. The molecule has 0 fully saturated rings. The second-order valence-corrected chi connectivity index (χ2v) is 3.83. The molecule has 0 bridgehead atoms. The molecule has 0 atom stereocenters. The van der Waals surface area contributed by atoms with Gasteiger partial charge in [0.15, 0.2) is 0 Å². The zero-order valence-corrected chi connectivity index (χ0v) is 8.80. The van der Waals surface area contributed by atoms with Crippen LogP contribution in [0.5, 0.6) is 0 Å². The van der Waals surface area contributed by atoms with E-state index in [2.05, 4.69) is 33.1 Å². The van der Waals surface area contributed by atoms with Gasteiger partial charge in [0, 0.05) is 18.3 Å². The molecule has 4 heteroatoms. The summed E-state index contributed by atoms with van der Waals surface area (Å²) in [7, 11) is 0. The van der Waals surface area contributed by atoms with Crippen molar-refractivity contribution < 1.29 is 0 Å². The molecule has 0 unspecified atom stereocenters. The summed E-state index contributed by atoms with van der Waals surface area (Å²) in [6.45, 7) is 0.954. The van der Waals surface area contributed by atoms with E-state index in [9.17, 15) is 0 Å². The highest BCUT2D eigenvalue weighted by molar-refractivity contribution is 5.68. The predicted molar refractivity (Wildman–Crippen MR) is 63.6 cm³/mol. The number of nitrogen functional groups attached to an aromatic ring is 1. The Balaban J connectivity index is 2.05. The van der Waals surface area contributed by atoms with Crippen LogP contribution < -0.4 is 10.6 Å². The van der Waals surface area contributed by atoms with Gasteiger partial charge in [0.1, 0.15) is 18.0 Å². The van der Waals surface area contributed by atoms with Crippen molar-refractivity contribution in [2.75, 3.05) is 17.2 Å². The third-order valence-electron chi connectivity index (χ3n) is 2.84. The Morgan fingerprint density at radius 3 is 2.94 bits per heavy atom. The van der Waals surface area contributed by atoms with E-state index in [4.69, 9.17) is 5.73 Å². The molecule has 0 amide bonds. The number of nitrogens with two attached hydrogens (primary N) is 1. The lowest BCUT2D eigenvalue weighted by Gasteiger charge is -2.17. The van der Waals surface area contributed by atoms with Gasteiger partial charge < -0.3 is 10.6 Å². The number of fused-ring (bicyclic) bond motifs is 1. The minimum Gasteiger partial charge on any atom is -0.384 e. The summed E-state index contributed by atoms with van der Waals surface area (Å²) >= 11 is 0. The minimum absolute atomic E-state index is 0.509. The highest BCUT2D eigenvalue weighted by Gasteiger charge is 2.20. The van der Waals surface area contributed by atoms with E-state index in [-0.39, 0.29) is 0 Å². The van der Waals surface area contributed by atoms with Gasteiger partial charge in [0.2, 0.25) is 0 Å². The number of rotatable bonds is 1. The van der Waals surface area contributed by atoms with E-state index >= 15 is 0 Å². The maximum absolute atomic E-state index is 5.67. The summed E-state index contributed by atoms with van der Waals surface area (Å²) in [5.41, 5.74) is 8.25. The molecule has 4 nitrogen and oxygen atoms in total. The first-order valence-corrected chi connectivity index (χ1v) is 5.27. The predicted octanol–water partition coefficient (Wildman–Crippen LogP) is 1.75. The van der Waals surface area contributed by atoms with E-state index in [1.165, 1.54) is 17.6 Å². The Morgan fingerprint density at radius 1 is 1.19 bits per heavy atom. The van der Waals surface area contributed by atoms with Crippen molar-refractivity contribution in [1.29, 1.82) is 0 Å². The second kappa shape index (κ2) is 3.48. The summed E-state index contributed by atoms with van der Waals surface area (Å²) in [5, 5.41) is 0. The molecule has 0 spiro atoms. The molecule has 0 saturated heterocycles. The smallest absolute Gasteiger partial charge is 0.138 e. The number of hydrogen-bond donors (Lipinski definition) is 1. The average Bonchev–Trinajstić information content (AvgIpc) is 2.72. The summed E-state index contributed by atoms with van der Waals surface area (Å²) < 4.78 is 0. The topological polar surface area (TPSA) is 55.0 Å². The molecule has 1 aliphatic heterocycles. The first-order chi connectivity index (χ1) is 7.84. The van der Waals surface area contributed by atoms with Crippen LogP contribution in [0, 0.1) is 0 Å². The molecule has 2 N–H and O–H groups in total. The summed E-state index contributed by atoms with van der Waals surface area (Å²) in [6.07, 6.45) is 2.56. The normalized spacial score (nSPS) is 13.9. The van der Waals surface area contributed by atoms with Crippen LogP contribution >= 0.6 is 0 Å².